The van der Waals surface area contributed by atoms with Crippen LogP contribution in [0.2, 0.25) is 10.0 Å². The Bertz CT molecular complexity index is 1560. The smallest absolute Gasteiger partial charge is 0.350 e. The Labute approximate surface area is 259 Å². The first kappa shape index (κ1) is 34.2. The fourth-order valence-electron chi connectivity index (χ4n) is 4.29. The third kappa shape index (κ3) is 8.87. The van der Waals surface area contributed by atoms with Crippen LogP contribution in [0.25, 0.3) is 0 Å². The second kappa shape index (κ2) is 13.6. The van der Waals surface area contributed by atoms with Gasteiger partial charge in [-0.1, -0.05) is 60.5 Å². The van der Waals surface area contributed by atoms with Gasteiger partial charge in [0.25, 0.3) is 10.0 Å². The number of rotatable bonds is 10. The van der Waals surface area contributed by atoms with E-state index in [2.05, 4.69) is 5.32 Å². The highest BCUT2D eigenvalue weighted by molar-refractivity contribution is 7.92. The third-order valence-electron chi connectivity index (χ3n) is 6.31. The molecule has 0 aromatic heterocycles. The van der Waals surface area contributed by atoms with E-state index in [1.807, 2.05) is 0 Å². The molecule has 3 aromatic carbocycles. The number of nitrogens with one attached hydrogen (secondary N) is 1. The predicted molar refractivity (Wildman–Crippen MR) is 161 cm³/mol. The quantitative estimate of drug-likeness (QED) is 0.256. The lowest BCUT2D eigenvalue weighted by Crippen LogP contribution is -2.55. The summed E-state index contributed by atoms with van der Waals surface area (Å²) in [5.41, 5.74) is -1.69. The Morgan fingerprint density at radius 1 is 0.930 bits per heavy atom. The number of alkyl halides is 3. The Kier molecular flexibility index (Phi) is 10.8. The van der Waals surface area contributed by atoms with Crippen molar-refractivity contribution in [1.82, 2.24) is 10.2 Å². The zero-order valence-electron chi connectivity index (χ0n) is 24.0. The van der Waals surface area contributed by atoms with Gasteiger partial charge in [0, 0.05) is 22.1 Å². The van der Waals surface area contributed by atoms with Crippen LogP contribution in [0, 0.1) is 0 Å². The summed E-state index contributed by atoms with van der Waals surface area (Å²) in [5.74, 6) is -1.33. The van der Waals surface area contributed by atoms with Crippen molar-refractivity contribution in [3.05, 3.63) is 94.0 Å². The molecule has 43 heavy (non-hydrogen) atoms. The van der Waals surface area contributed by atoms with E-state index >= 15 is 0 Å². The molecule has 1 unspecified atom stereocenters. The maximum Gasteiger partial charge on any atom is 0.416 e. The van der Waals surface area contributed by atoms with Gasteiger partial charge in [-0.15, -0.1) is 0 Å². The molecule has 0 spiro atoms. The Balaban J connectivity index is 2.14. The van der Waals surface area contributed by atoms with Crippen molar-refractivity contribution in [2.24, 2.45) is 0 Å². The first-order valence-corrected chi connectivity index (χ1v) is 15.4. The minimum absolute atomic E-state index is 0.147. The van der Waals surface area contributed by atoms with E-state index in [4.69, 9.17) is 23.2 Å². The zero-order valence-corrected chi connectivity index (χ0v) is 26.3. The molecule has 7 nitrogen and oxygen atoms in total. The van der Waals surface area contributed by atoms with Crippen LogP contribution < -0.4 is 9.62 Å². The SMILES string of the molecule is CCC(C(=O)NC(C)(C)C)N(Cc1ccc(Cl)cc1Cl)C(=O)CN(c1cccc(C(F)(F)F)c1)S(=O)(=O)c1ccccc1. The van der Waals surface area contributed by atoms with Gasteiger partial charge in [0.05, 0.1) is 16.1 Å². The van der Waals surface area contributed by atoms with Gasteiger partial charge in [0.1, 0.15) is 12.6 Å². The van der Waals surface area contributed by atoms with Crippen molar-refractivity contribution in [3.63, 3.8) is 0 Å². The molecule has 0 aliphatic rings. The molecule has 2 amide bonds. The lowest BCUT2D eigenvalue weighted by molar-refractivity contribution is -0.141. The molecule has 1 N–H and O–H groups in total. The number of carbonyl (C=O) groups is 2. The lowest BCUT2D eigenvalue weighted by atomic mass is 10.1. The van der Waals surface area contributed by atoms with Crippen LogP contribution in [-0.4, -0.2) is 43.3 Å². The first-order chi connectivity index (χ1) is 19.9. The van der Waals surface area contributed by atoms with E-state index in [9.17, 15) is 31.2 Å². The molecule has 0 heterocycles. The van der Waals surface area contributed by atoms with Crippen LogP contribution in [0.15, 0.2) is 77.7 Å². The molecule has 13 heteroatoms. The topological polar surface area (TPSA) is 86.8 Å². The number of anilines is 1. The van der Waals surface area contributed by atoms with Gasteiger partial charge in [-0.05, 0) is 75.2 Å². The number of halogens is 5. The summed E-state index contributed by atoms with van der Waals surface area (Å²) in [6.45, 7) is 5.88. The van der Waals surface area contributed by atoms with Crippen LogP contribution in [0.3, 0.4) is 0 Å². The Morgan fingerprint density at radius 3 is 2.14 bits per heavy atom. The summed E-state index contributed by atoms with van der Waals surface area (Å²) in [6.07, 6.45) is -4.62. The van der Waals surface area contributed by atoms with Crippen LogP contribution >= 0.6 is 23.2 Å². The highest BCUT2D eigenvalue weighted by atomic mass is 35.5. The molecule has 0 radical (unpaired) electrons. The average Bonchev–Trinajstić information content (AvgIpc) is 2.91. The number of hydrogen-bond donors (Lipinski definition) is 1. The minimum Gasteiger partial charge on any atom is -0.350 e. The molecular formula is C30H32Cl2F3N3O4S. The van der Waals surface area contributed by atoms with Crippen LogP contribution in [0.4, 0.5) is 18.9 Å². The van der Waals surface area contributed by atoms with E-state index in [-0.39, 0.29) is 28.6 Å². The van der Waals surface area contributed by atoms with Crippen molar-refractivity contribution in [2.75, 3.05) is 10.8 Å². The molecule has 0 aliphatic heterocycles. The molecule has 3 aromatic rings. The van der Waals surface area contributed by atoms with E-state index in [1.54, 1.807) is 45.9 Å². The van der Waals surface area contributed by atoms with E-state index < -0.39 is 51.7 Å². The first-order valence-electron chi connectivity index (χ1n) is 13.2. The maximum absolute atomic E-state index is 14.1. The molecule has 232 valence electrons. The van der Waals surface area contributed by atoms with Crippen LogP contribution in [0.1, 0.15) is 45.2 Å². The average molecular weight is 659 g/mol. The van der Waals surface area contributed by atoms with E-state index in [0.29, 0.717) is 21.0 Å². The number of carbonyl (C=O) groups excluding carboxylic acids is 2. The predicted octanol–water partition coefficient (Wildman–Crippen LogP) is 6.93. The monoisotopic (exact) mass is 657 g/mol. The summed E-state index contributed by atoms with van der Waals surface area (Å²) in [6, 6.07) is 14.3. The molecule has 0 fully saturated rings. The Hall–Kier alpha value is -3.28. The van der Waals surface area contributed by atoms with Gasteiger partial charge < -0.3 is 10.2 Å². The number of sulfonamides is 1. The van der Waals surface area contributed by atoms with Crippen LogP contribution in [0.5, 0.6) is 0 Å². The molecule has 0 aliphatic carbocycles. The number of amides is 2. The van der Waals surface area contributed by atoms with Gasteiger partial charge in [0.2, 0.25) is 11.8 Å². The molecule has 0 saturated heterocycles. The van der Waals surface area contributed by atoms with Gasteiger partial charge in [0.15, 0.2) is 0 Å². The zero-order chi connectivity index (χ0) is 32.2. The second-order valence-corrected chi connectivity index (χ2v) is 13.5. The van der Waals surface area contributed by atoms with E-state index in [1.165, 1.54) is 41.3 Å². The lowest BCUT2D eigenvalue weighted by Gasteiger charge is -2.35. The summed E-state index contributed by atoms with van der Waals surface area (Å²) in [7, 11) is -4.54. The van der Waals surface area contributed by atoms with Crippen molar-refractivity contribution >= 4 is 50.7 Å². The van der Waals surface area contributed by atoms with Crippen molar-refractivity contribution in [3.8, 4) is 0 Å². The summed E-state index contributed by atoms with van der Waals surface area (Å²) < 4.78 is 69.1. The number of benzene rings is 3. The summed E-state index contributed by atoms with van der Waals surface area (Å²) in [5, 5.41) is 3.39. The van der Waals surface area contributed by atoms with Crippen molar-refractivity contribution < 1.29 is 31.2 Å². The highest BCUT2D eigenvalue weighted by Gasteiger charge is 2.36. The fourth-order valence-corrected chi connectivity index (χ4v) is 6.19. The summed E-state index contributed by atoms with van der Waals surface area (Å²) in [4.78, 5) is 28.4. The minimum atomic E-state index is -4.77. The highest BCUT2D eigenvalue weighted by Crippen LogP contribution is 2.33. The van der Waals surface area contributed by atoms with Crippen molar-refractivity contribution in [1.29, 1.82) is 0 Å². The normalized spacial score (nSPS) is 12.9. The molecule has 1 atom stereocenters. The number of hydrogen-bond acceptors (Lipinski definition) is 4. The van der Waals surface area contributed by atoms with Gasteiger partial charge >= 0.3 is 6.18 Å². The van der Waals surface area contributed by atoms with E-state index in [0.717, 1.165) is 12.1 Å². The second-order valence-electron chi connectivity index (χ2n) is 10.8. The van der Waals surface area contributed by atoms with Crippen LogP contribution in [-0.2, 0) is 32.3 Å². The largest absolute Gasteiger partial charge is 0.416 e. The van der Waals surface area contributed by atoms with Gasteiger partial charge in [-0.2, -0.15) is 13.2 Å². The number of nitrogens with zero attached hydrogens (tertiary/aromatic N) is 2. The maximum atomic E-state index is 14.1. The molecule has 3 rings (SSSR count). The summed E-state index contributed by atoms with van der Waals surface area (Å²) >= 11 is 12.4. The van der Waals surface area contributed by atoms with Gasteiger partial charge in [-0.25, -0.2) is 8.42 Å². The standard InChI is InChI=1S/C30H32Cl2F3N3O4S/c1-5-26(28(40)36-29(2,3)4)37(18-20-14-15-22(31)17-25(20)32)27(39)19-38(43(41,42)24-12-7-6-8-13-24)23-11-9-10-21(16-23)30(33,34)35/h6-17,26H,5,18-19H2,1-4H3,(H,36,40). The molecule has 0 bridgehead atoms. The Morgan fingerprint density at radius 2 is 1.58 bits per heavy atom. The third-order valence-corrected chi connectivity index (χ3v) is 8.69. The molecule has 0 saturated carbocycles. The van der Waals surface area contributed by atoms with Crippen molar-refractivity contribution in [2.45, 2.75) is 63.3 Å². The molecular weight excluding hydrogens is 626 g/mol. The van der Waals surface area contributed by atoms with Gasteiger partial charge in [-0.3, -0.25) is 13.9 Å². The fraction of sp³-hybridized carbons (Fsp3) is 0.333.